The van der Waals surface area contributed by atoms with Crippen molar-refractivity contribution in [1.29, 1.82) is 0 Å². The van der Waals surface area contributed by atoms with E-state index >= 15 is 0 Å². The molecule has 0 radical (unpaired) electrons. The highest BCUT2D eigenvalue weighted by Gasteiger charge is 2.14. The minimum absolute atomic E-state index is 0.0751. The number of hydrogen-bond donors (Lipinski definition) is 2. The number of nitrogens with two attached hydrogens (primary N) is 1. The number of nitrogens with one attached hydrogen (secondary N) is 1. The quantitative estimate of drug-likeness (QED) is 0.831. The van der Waals surface area contributed by atoms with Gasteiger partial charge in [-0.1, -0.05) is 30.3 Å². The van der Waals surface area contributed by atoms with Crippen molar-refractivity contribution >= 4 is 22.1 Å². The van der Waals surface area contributed by atoms with E-state index in [-0.39, 0.29) is 4.90 Å². The highest BCUT2D eigenvalue weighted by molar-refractivity contribution is 7.89. The number of benzene rings is 2. The van der Waals surface area contributed by atoms with E-state index in [4.69, 9.17) is 5.14 Å². The molecule has 2 aromatic rings. The lowest BCUT2D eigenvalue weighted by Crippen LogP contribution is -2.13. The third kappa shape index (κ3) is 2.98. The fourth-order valence-corrected chi connectivity index (χ4v) is 2.53. The van der Waals surface area contributed by atoms with Crippen molar-refractivity contribution in [3.05, 3.63) is 48.5 Å². The van der Waals surface area contributed by atoms with Crippen LogP contribution in [-0.2, 0) is 14.8 Å². The van der Waals surface area contributed by atoms with Crippen LogP contribution in [0.1, 0.15) is 0 Å². The first kappa shape index (κ1) is 13.3. The Hall–Kier alpha value is -2.18. The summed E-state index contributed by atoms with van der Waals surface area (Å²) in [6.45, 7) is 0. The Morgan fingerprint density at radius 2 is 1.63 bits per heavy atom. The molecule has 0 spiro atoms. The van der Waals surface area contributed by atoms with Crippen LogP contribution in [0, 0.1) is 0 Å². The first-order chi connectivity index (χ1) is 9.02. The number of rotatable bonds is 4. The molecule has 19 heavy (non-hydrogen) atoms. The summed E-state index contributed by atoms with van der Waals surface area (Å²) in [5, 5.41) is 7.69. The van der Waals surface area contributed by atoms with Crippen LogP contribution in [-0.4, -0.2) is 14.8 Å². The van der Waals surface area contributed by atoms with Crippen LogP contribution < -0.4 is 10.5 Å². The van der Waals surface area contributed by atoms with Gasteiger partial charge in [-0.25, -0.2) is 13.6 Å². The maximum Gasteiger partial charge on any atom is 0.238 e. The van der Waals surface area contributed by atoms with Crippen LogP contribution in [0.15, 0.2) is 53.4 Å². The number of primary sulfonamides is 1. The molecule has 0 unspecified atom stereocenters. The van der Waals surface area contributed by atoms with Crippen LogP contribution >= 0.6 is 0 Å². The second kappa shape index (κ2) is 5.21. The van der Waals surface area contributed by atoms with Crippen LogP contribution in [0.2, 0.25) is 0 Å². The average Bonchev–Trinajstić information content (AvgIpc) is 2.39. The molecule has 0 atom stereocenters. The topological polar surface area (TPSA) is 89.3 Å². The van der Waals surface area contributed by atoms with Crippen molar-refractivity contribution in [2.24, 2.45) is 5.14 Å². The van der Waals surface area contributed by atoms with Crippen LogP contribution in [0.5, 0.6) is 0 Å². The van der Waals surface area contributed by atoms with E-state index in [9.17, 15) is 13.2 Å². The van der Waals surface area contributed by atoms with Gasteiger partial charge in [0.2, 0.25) is 16.4 Å². The Kier molecular flexibility index (Phi) is 3.64. The zero-order chi connectivity index (χ0) is 13.9. The molecular weight excluding hydrogens is 264 g/mol. The van der Waals surface area contributed by atoms with Crippen LogP contribution in [0.4, 0.5) is 5.69 Å². The van der Waals surface area contributed by atoms with Crippen molar-refractivity contribution in [3.8, 4) is 11.1 Å². The molecular formula is C13H12N2O3S. The first-order valence-corrected chi connectivity index (χ1v) is 6.99. The predicted molar refractivity (Wildman–Crippen MR) is 72.9 cm³/mol. The molecule has 0 bridgehead atoms. The Labute approximate surface area is 111 Å². The van der Waals surface area contributed by atoms with Crippen LogP contribution in [0.3, 0.4) is 0 Å². The monoisotopic (exact) mass is 276 g/mol. The fraction of sp³-hybridized carbons (Fsp3) is 0. The summed E-state index contributed by atoms with van der Waals surface area (Å²) in [7, 11) is -3.77. The summed E-state index contributed by atoms with van der Waals surface area (Å²) in [4.78, 5) is 10.4. The second-order valence-corrected chi connectivity index (χ2v) is 5.41. The summed E-state index contributed by atoms with van der Waals surface area (Å²) in [5.74, 6) is 0. The van der Waals surface area contributed by atoms with E-state index < -0.39 is 10.0 Å². The second-order valence-electron chi connectivity index (χ2n) is 3.88. The fourth-order valence-electron chi connectivity index (χ4n) is 1.77. The van der Waals surface area contributed by atoms with E-state index in [1.165, 1.54) is 6.07 Å². The number of sulfonamides is 1. The van der Waals surface area contributed by atoms with Gasteiger partial charge in [-0.15, -0.1) is 0 Å². The standard InChI is InChI=1S/C13H12N2O3S/c14-19(17,18)13-4-2-1-3-12(13)10-5-7-11(8-6-10)15-9-16/h1-9H,(H,15,16)(H2,14,17,18). The minimum Gasteiger partial charge on any atom is -0.329 e. The predicted octanol–water partition coefficient (Wildman–Crippen LogP) is 1.57. The molecule has 0 saturated carbocycles. The summed E-state index contributed by atoms with van der Waals surface area (Å²) >= 11 is 0. The third-order valence-corrected chi connectivity index (χ3v) is 3.58. The number of amides is 1. The molecule has 5 nitrogen and oxygen atoms in total. The highest BCUT2D eigenvalue weighted by atomic mass is 32.2. The Balaban J connectivity index is 2.50. The Bertz CT molecular complexity index is 694. The molecule has 2 rings (SSSR count). The molecule has 1 amide bonds. The highest BCUT2D eigenvalue weighted by Crippen LogP contribution is 2.27. The van der Waals surface area contributed by atoms with Gasteiger partial charge in [0.15, 0.2) is 0 Å². The zero-order valence-electron chi connectivity index (χ0n) is 9.91. The zero-order valence-corrected chi connectivity index (χ0v) is 10.7. The molecule has 0 aromatic heterocycles. The van der Waals surface area contributed by atoms with E-state index in [0.717, 1.165) is 0 Å². The Morgan fingerprint density at radius 3 is 2.21 bits per heavy atom. The van der Waals surface area contributed by atoms with Crippen molar-refractivity contribution in [2.45, 2.75) is 4.90 Å². The molecule has 98 valence electrons. The number of carbonyl (C=O) groups is 1. The lowest BCUT2D eigenvalue weighted by atomic mass is 10.1. The van der Waals surface area contributed by atoms with Crippen molar-refractivity contribution in [1.82, 2.24) is 0 Å². The van der Waals surface area contributed by atoms with Gasteiger partial charge in [0.25, 0.3) is 0 Å². The lowest BCUT2D eigenvalue weighted by Gasteiger charge is -2.08. The van der Waals surface area contributed by atoms with Crippen molar-refractivity contribution in [2.75, 3.05) is 5.32 Å². The number of carbonyl (C=O) groups excluding carboxylic acids is 1. The van der Waals surface area contributed by atoms with Gasteiger partial charge in [-0.3, -0.25) is 4.79 Å². The lowest BCUT2D eigenvalue weighted by molar-refractivity contribution is -0.105. The van der Waals surface area contributed by atoms with Crippen LogP contribution in [0.25, 0.3) is 11.1 Å². The third-order valence-electron chi connectivity index (χ3n) is 2.62. The van der Waals surface area contributed by atoms with Gasteiger partial charge in [-0.2, -0.15) is 0 Å². The summed E-state index contributed by atoms with van der Waals surface area (Å²) < 4.78 is 23.0. The molecule has 2 aromatic carbocycles. The smallest absolute Gasteiger partial charge is 0.238 e. The summed E-state index contributed by atoms with van der Waals surface area (Å²) in [6.07, 6.45) is 0.577. The SMILES string of the molecule is NS(=O)(=O)c1ccccc1-c1ccc(NC=O)cc1. The van der Waals surface area contributed by atoms with Gasteiger partial charge < -0.3 is 5.32 Å². The minimum atomic E-state index is -3.77. The van der Waals surface area contributed by atoms with Gasteiger partial charge in [0, 0.05) is 11.3 Å². The Morgan fingerprint density at radius 1 is 1.00 bits per heavy atom. The molecule has 0 aliphatic rings. The normalized spacial score (nSPS) is 11.0. The summed E-state index contributed by atoms with van der Waals surface area (Å²) in [5.41, 5.74) is 1.87. The van der Waals surface area contributed by atoms with Crippen molar-refractivity contribution < 1.29 is 13.2 Å². The number of anilines is 1. The van der Waals surface area contributed by atoms with E-state index in [2.05, 4.69) is 5.32 Å². The van der Waals surface area contributed by atoms with E-state index in [0.29, 0.717) is 23.2 Å². The molecule has 0 fully saturated rings. The molecule has 6 heteroatoms. The number of hydrogen-bond acceptors (Lipinski definition) is 3. The largest absolute Gasteiger partial charge is 0.329 e. The maximum absolute atomic E-state index is 11.5. The molecule has 0 heterocycles. The molecule has 0 aliphatic heterocycles. The van der Waals surface area contributed by atoms with Gasteiger partial charge in [0.1, 0.15) is 0 Å². The van der Waals surface area contributed by atoms with E-state index in [1.807, 2.05) is 0 Å². The maximum atomic E-state index is 11.5. The van der Waals surface area contributed by atoms with Gasteiger partial charge >= 0.3 is 0 Å². The molecule has 3 N–H and O–H groups in total. The molecule has 0 saturated heterocycles. The molecule has 0 aliphatic carbocycles. The average molecular weight is 276 g/mol. The summed E-state index contributed by atoms with van der Waals surface area (Å²) in [6, 6.07) is 13.3. The first-order valence-electron chi connectivity index (χ1n) is 5.45. The van der Waals surface area contributed by atoms with Crippen molar-refractivity contribution in [3.63, 3.8) is 0 Å². The van der Waals surface area contributed by atoms with E-state index in [1.54, 1.807) is 42.5 Å². The van der Waals surface area contributed by atoms with Gasteiger partial charge in [0.05, 0.1) is 4.90 Å². The van der Waals surface area contributed by atoms with Gasteiger partial charge in [-0.05, 0) is 23.8 Å².